The maximum atomic E-state index is 13.7. The number of ketones is 1. The summed E-state index contributed by atoms with van der Waals surface area (Å²) < 4.78 is 24.0. The van der Waals surface area contributed by atoms with Gasteiger partial charge in [0.15, 0.2) is 17.3 Å². The summed E-state index contributed by atoms with van der Waals surface area (Å²) in [6.07, 6.45) is 0. The van der Waals surface area contributed by atoms with Gasteiger partial charge >= 0.3 is 0 Å². The number of methoxy groups -OCH3 is 1. The first-order valence-corrected chi connectivity index (χ1v) is 8.52. The van der Waals surface area contributed by atoms with Crippen LogP contribution in [0.3, 0.4) is 0 Å². The van der Waals surface area contributed by atoms with E-state index < -0.39 is 5.82 Å². The third-order valence-corrected chi connectivity index (χ3v) is 4.33. The normalized spacial score (nSPS) is 10.7. The van der Waals surface area contributed by atoms with Crippen molar-refractivity contribution in [3.63, 3.8) is 0 Å². The van der Waals surface area contributed by atoms with Gasteiger partial charge in [0.25, 0.3) is 5.22 Å². The zero-order valence-electron chi connectivity index (χ0n) is 13.0. The second-order valence-electron chi connectivity index (χ2n) is 4.94. The Balaban J connectivity index is 1.66. The quantitative estimate of drug-likeness (QED) is 0.464. The molecule has 0 spiro atoms. The lowest BCUT2D eigenvalue weighted by atomic mass is 10.1. The van der Waals surface area contributed by atoms with Gasteiger partial charge in [-0.2, -0.15) is 0 Å². The van der Waals surface area contributed by atoms with Crippen molar-refractivity contribution < 1.29 is 18.3 Å². The average molecular weight is 379 g/mol. The highest BCUT2D eigenvalue weighted by Crippen LogP contribution is 2.26. The molecular formula is C17H12ClFN2O3S. The molecule has 128 valence electrons. The third-order valence-electron chi connectivity index (χ3n) is 3.28. The lowest BCUT2D eigenvalue weighted by molar-refractivity contribution is 0.102. The molecule has 0 aliphatic rings. The molecule has 0 aliphatic heterocycles. The topological polar surface area (TPSA) is 65.2 Å². The summed E-state index contributed by atoms with van der Waals surface area (Å²) in [6.45, 7) is 0. The molecule has 0 atom stereocenters. The predicted octanol–water partition coefficient (Wildman–Crippen LogP) is 4.51. The highest BCUT2D eigenvalue weighted by molar-refractivity contribution is 7.99. The zero-order valence-corrected chi connectivity index (χ0v) is 14.6. The number of carbonyl (C=O) groups excluding carboxylic acids is 1. The minimum absolute atomic E-state index is 0.0446. The Bertz CT molecular complexity index is 916. The number of Topliss-reactive ketones (excluding diaryl/α,β-unsaturated/α-hetero) is 1. The number of halogens is 2. The molecule has 1 heterocycles. The first-order valence-electron chi connectivity index (χ1n) is 7.16. The van der Waals surface area contributed by atoms with Gasteiger partial charge in [-0.25, -0.2) is 4.39 Å². The summed E-state index contributed by atoms with van der Waals surface area (Å²) in [7, 11) is 1.36. The summed E-state index contributed by atoms with van der Waals surface area (Å²) in [4.78, 5) is 12.2. The van der Waals surface area contributed by atoms with E-state index >= 15 is 0 Å². The van der Waals surface area contributed by atoms with Crippen LogP contribution in [0.5, 0.6) is 5.75 Å². The van der Waals surface area contributed by atoms with E-state index in [4.69, 9.17) is 20.8 Å². The van der Waals surface area contributed by atoms with Crippen LogP contribution in [-0.2, 0) is 0 Å². The van der Waals surface area contributed by atoms with Gasteiger partial charge in [0.1, 0.15) is 0 Å². The van der Waals surface area contributed by atoms with E-state index in [2.05, 4.69) is 10.2 Å². The van der Waals surface area contributed by atoms with E-state index in [1.54, 1.807) is 24.3 Å². The van der Waals surface area contributed by atoms with E-state index in [-0.39, 0.29) is 28.1 Å². The Morgan fingerprint density at radius 1 is 1.28 bits per heavy atom. The fourth-order valence-corrected chi connectivity index (χ4v) is 2.90. The van der Waals surface area contributed by atoms with E-state index in [0.29, 0.717) is 16.5 Å². The standard InChI is InChI=1S/C17H12ClFN2O3S/c1-23-15-6-5-10(8-13(15)19)14(22)9-25-17-21-20-16(24-17)11-3-2-4-12(18)7-11/h2-8H,9H2,1H3. The van der Waals surface area contributed by atoms with E-state index in [0.717, 1.165) is 17.8 Å². The van der Waals surface area contributed by atoms with Crippen molar-refractivity contribution in [3.8, 4) is 17.2 Å². The van der Waals surface area contributed by atoms with Gasteiger partial charge in [0.2, 0.25) is 5.89 Å². The second kappa shape index (κ2) is 7.67. The molecule has 0 fully saturated rings. The molecule has 5 nitrogen and oxygen atoms in total. The van der Waals surface area contributed by atoms with Crippen LogP contribution in [0.25, 0.3) is 11.5 Å². The van der Waals surface area contributed by atoms with Gasteiger partial charge in [0, 0.05) is 16.1 Å². The molecule has 0 unspecified atom stereocenters. The predicted molar refractivity (Wildman–Crippen MR) is 92.8 cm³/mol. The van der Waals surface area contributed by atoms with Crippen LogP contribution in [0.15, 0.2) is 52.1 Å². The van der Waals surface area contributed by atoms with Gasteiger partial charge in [-0.05, 0) is 36.4 Å². The van der Waals surface area contributed by atoms with Crippen molar-refractivity contribution in [3.05, 3.63) is 58.9 Å². The maximum Gasteiger partial charge on any atom is 0.277 e. The molecular weight excluding hydrogens is 367 g/mol. The summed E-state index contributed by atoms with van der Waals surface area (Å²) in [6, 6.07) is 11.1. The molecule has 0 saturated heterocycles. The van der Waals surface area contributed by atoms with E-state index in [1.807, 2.05) is 0 Å². The van der Waals surface area contributed by atoms with Gasteiger partial charge in [-0.3, -0.25) is 4.79 Å². The van der Waals surface area contributed by atoms with Crippen LogP contribution in [-0.4, -0.2) is 28.8 Å². The molecule has 0 radical (unpaired) electrons. The molecule has 2 aromatic carbocycles. The van der Waals surface area contributed by atoms with Crippen LogP contribution in [0.4, 0.5) is 4.39 Å². The smallest absolute Gasteiger partial charge is 0.277 e. The van der Waals surface area contributed by atoms with E-state index in [9.17, 15) is 9.18 Å². The summed E-state index contributed by atoms with van der Waals surface area (Å²) >= 11 is 7.01. The second-order valence-corrected chi connectivity index (χ2v) is 6.31. The number of thioether (sulfide) groups is 1. The minimum atomic E-state index is -0.584. The Hall–Kier alpha value is -2.38. The van der Waals surface area contributed by atoms with Gasteiger partial charge < -0.3 is 9.15 Å². The van der Waals surface area contributed by atoms with Crippen molar-refractivity contribution in [1.82, 2.24) is 10.2 Å². The van der Waals surface area contributed by atoms with Crippen LogP contribution in [0, 0.1) is 5.82 Å². The number of ether oxygens (including phenoxy) is 1. The monoisotopic (exact) mass is 378 g/mol. The fourth-order valence-electron chi connectivity index (χ4n) is 2.06. The Morgan fingerprint density at radius 3 is 2.84 bits per heavy atom. The number of nitrogens with zero attached hydrogens (tertiary/aromatic N) is 2. The van der Waals surface area contributed by atoms with Gasteiger partial charge in [-0.15, -0.1) is 10.2 Å². The van der Waals surface area contributed by atoms with Crippen molar-refractivity contribution in [2.45, 2.75) is 5.22 Å². The third kappa shape index (κ3) is 4.18. The van der Waals surface area contributed by atoms with Gasteiger partial charge in [-0.1, -0.05) is 29.4 Å². The molecule has 0 aliphatic carbocycles. The highest BCUT2D eigenvalue weighted by atomic mass is 35.5. The van der Waals surface area contributed by atoms with Crippen molar-refractivity contribution in [1.29, 1.82) is 0 Å². The van der Waals surface area contributed by atoms with Crippen LogP contribution in [0.2, 0.25) is 5.02 Å². The summed E-state index contributed by atoms with van der Waals surface area (Å²) in [5.41, 5.74) is 0.941. The number of carbonyl (C=O) groups is 1. The lowest BCUT2D eigenvalue weighted by Crippen LogP contribution is -2.03. The van der Waals surface area contributed by atoms with Crippen LogP contribution < -0.4 is 4.74 Å². The zero-order chi connectivity index (χ0) is 17.8. The van der Waals surface area contributed by atoms with E-state index in [1.165, 1.54) is 19.2 Å². The first kappa shape index (κ1) is 17.4. The SMILES string of the molecule is COc1ccc(C(=O)CSc2nnc(-c3cccc(Cl)c3)o2)cc1F. The molecule has 0 bridgehead atoms. The fraction of sp³-hybridized carbons (Fsp3) is 0.118. The van der Waals surface area contributed by atoms with Crippen LogP contribution >= 0.6 is 23.4 Å². The largest absolute Gasteiger partial charge is 0.494 e. The first-order chi connectivity index (χ1) is 12.1. The molecule has 0 saturated carbocycles. The van der Waals surface area contributed by atoms with Gasteiger partial charge in [0.05, 0.1) is 12.9 Å². The lowest BCUT2D eigenvalue weighted by Gasteiger charge is -2.03. The molecule has 0 N–H and O–H groups in total. The Kier molecular flexibility index (Phi) is 5.35. The Labute approximate surface area is 152 Å². The Morgan fingerprint density at radius 2 is 2.12 bits per heavy atom. The molecule has 8 heteroatoms. The minimum Gasteiger partial charge on any atom is -0.494 e. The average Bonchev–Trinajstić information content (AvgIpc) is 3.08. The number of benzene rings is 2. The number of aromatic nitrogens is 2. The summed E-state index contributed by atoms with van der Waals surface area (Å²) in [5, 5.41) is 8.63. The molecule has 25 heavy (non-hydrogen) atoms. The molecule has 3 aromatic rings. The van der Waals surface area contributed by atoms with Crippen molar-refractivity contribution >= 4 is 29.1 Å². The number of hydrogen-bond donors (Lipinski definition) is 0. The van der Waals surface area contributed by atoms with Crippen LogP contribution in [0.1, 0.15) is 10.4 Å². The van der Waals surface area contributed by atoms with Crippen molar-refractivity contribution in [2.75, 3.05) is 12.9 Å². The molecule has 0 amide bonds. The number of rotatable bonds is 6. The molecule has 3 rings (SSSR count). The number of hydrogen-bond acceptors (Lipinski definition) is 6. The van der Waals surface area contributed by atoms with Crippen molar-refractivity contribution in [2.24, 2.45) is 0 Å². The maximum absolute atomic E-state index is 13.7. The highest BCUT2D eigenvalue weighted by Gasteiger charge is 2.14. The summed E-state index contributed by atoms with van der Waals surface area (Å²) in [5.74, 6) is -0.392. The molecule has 1 aromatic heterocycles.